The molecule has 0 atom stereocenters. The Bertz CT molecular complexity index is 1370. The quantitative estimate of drug-likeness (QED) is 0.428. The van der Waals surface area contributed by atoms with Crippen LogP contribution in [0.5, 0.6) is 0 Å². The second-order valence-corrected chi connectivity index (χ2v) is 9.52. The first kappa shape index (κ1) is 21.3. The van der Waals surface area contributed by atoms with E-state index in [-0.39, 0.29) is 32.3 Å². The van der Waals surface area contributed by atoms with E-state index < -0.39 is 9.84 Å². The van der Waals surface area contributed by atoms with Gasteiger partial charge in [-0.25, -0.2) is 8.42 Å². The van der Waals surface area contributed by atoms with Crippen LogP contribution in [0, 0.1) is 0 Å². The van der Waals surface area contributed by atoms with Crippen LogP contribution in [-0.2, 0) is 16.4 Å². The summed E-state index contributed by atoms with van der Waals surface area (Å²) in [7, 11) is -3.87. The van der Waals surface area contributed by atoms with Crippen molar-refractivity contribution in [2.75, 3.05) is 0 Å². The highest BCUT2D eigenvalue weighted by Crippen LogP contribution is 2.33. The van der Waals surface area contributed by atoms with Crippen LogP contribution in [0.15, 0.2) is 88.9 Å². The van der Waals surface area contributed by atoms with Crippen LogP contribution in [0.1, 0.15) is 15.9 Å². The molecule has 0 fully saturated rings. The number of rotatable bonds is 5. The number of carbonyl (C=O) groups excluding carboxylic acids is 1. The first-order chi connectivity index (χ1) is 14.9. The monoisotopic (exact) mass is 470 g/mol. The molecule has 0 saturated carbocycles. The number of halogens is 2. The van der Waals surface area contributed by atoms with Crippen LogP contribution in [0.2, 0.25) is 10.0 Å². The predicted molar refractivity (Wildman–Crippen MR) is 121 cm³/mol. The highest BCUT2D eigenvalue weighted by molar-refractivity contribution is 7.91. The molecular weight excluding hydrogens is 455 g/mol. The van der Waals surface area contributed by atoms with Crippen molar-refractivity contribution in [1.82, 2.24) is 10.3 Å². The predicted octanol–water partition coefficient (Wildman–Crippen LogP) is 5.30. The van der Waals surface area contributed by atoms with E-state index in [1.165, 1.54) is 24.3 Å². The molecule has 1 heterocycles. The molecule has 0 spiro atoms. The van der Waals surface area contributed by atoms with Crippen LogP contribution in [0.4, 0.5) is 0 Å². The van der Waals surface area contributed by atoms with E-state index in [0.717, 1.165) is 16.3 Å². The third kappa shape index (κ3) is 4.42. The molecule has 0 unspecified atom stereocenters. The average molecular weight is 471 g/mol. The van der Waals surface area contributed by atoms with Crippen LogP contribution in [0.3, 0.4) is 0 Å². The summed E-state index contributed by atoms with van der Waals surface area (Å²) in [5.41, 5.74) is 1.27. The van der Waals surface area contributed by atoms with Gasteiger partial charge >= 0.3 is 0 Å². The lowest BCUT2D eigenvalue weighted by Crippen LogP contribution is -2.22. The second kappa shape index (κ2) is 8.67. The molecule has 5 nitrogen and oxygen atoms in total. The van der Waals surface area contributed by atoms with Gasteiger partial charge in [-0.1, -0.05) is 47.5 Å². The maximum absolute atomic E-state index is 12.9. The van der Waals surface area contributed by atoms with Crippen molar-refractivity contribution in [3.8, 4) is 0 Å². The van der Waals surface area contributed by atoms with Gasteiger partial charge in [0.15, 0.2) is 0 Å². The summed E-state index contributed by atoms with van der Waals surface area (Å²) in [5, 5.41) is 4.85. The molecule has 0 saturated heterocycles. The number of hydrogen-bond acceptors (Lipinski definition) is 4. The standard InChI is InChI=1S/C23H16Cl2N2O3S/c24-20-2-1-3-21(25)22(20)31(29,30)19-8-4-15(5-9-19)13-27-23(28)17-7-6-16-10-11-26-14-18(16)12-17/h1-12,14H,13H2,(H,27,28). The lowest BCUT2D eigenvalue weighted by molar-refractivity contribution is 0.0951. The van der Waals surface area contributed by atoms with Crippen LogP contribution in [-0.4, -0.2) is 19.3 Å². The van der Waals surface area contributed by atoms with Crippen LogP contribution in [0.25, 0.3) is 10.8 Å². The summed E-state index contributed by atoms with van der Waals surface area (Å²) in [6.07, 6.45) is 3.40. The fourth-order valence-electron chi connectivity index (χ4n) is 3.15. The van der Waals surface area contributed by atoms with Crippen LogP contribution < -0.4 is 5.32 Å². The maximum atomic E-state index is 12.9. The SMILES string of the molecule is O=C(NCc1ccc(S(=O)(=O)c2c(Cl)cccc2Cl)cc1)c1ccc2ccncc2c1. The molecule has 8 heteroatoms. The summed E-state index contributed by atoms with van der Waals surface area (Å²) in [4.78, 5) is 16.5. The van der Waals surface area contributed by atoms with Crippen molar-refractivity contribution in [3.63, 3.8) is 0 Å². The van der Waals surface area contributed by atoms with Gasteiger partial charge in [-0.2, -0.15) is 0 Å². The van der Waals surface area contributed by atoms with E-state index in [4.69, 9.17) is 23.2 Å². The maximum Gasteiger partial charge on any atom is 0.251 e. The normalized spacial score (nSPS) is 11.4. The molecule has 156 valence electrons. The Morgan fingerprint density at radius 3 is 2.32 bits per heavy atom. The Kier molecular flexibility index (Phi) is 5.96. The second-order valence-electron chi connectivity index (χ2n) is 6.82. The zero-order chi connectivity index (χ0) is 22.0. The molecule has 0 aliphatic rings. The smallest absolute Gasteiger partial charge is 0.251 e. The molecule has 1 aromatic heterocycles. The van der Waals surface area contributed by atoms with Crippen molar-refractivity contribution in [2.24, 2.45) is 0 Å². The molecule has 31 heavy (non-hydrogen) atoms. The molecular formula is C23H16Cl2N2O3S. The van der Waals surface area contributed by atoms with Crippen molar-refractivity contribution in [1.29, 1.82) is 0 Å². The molecule has 0 aliphatic carbocycles. The first-order valence-corrected chi connectivity index (χ1v) is 11.5. The first-order valence-electron chi connectivity index (χ1n) is 9.26. The largest absolute Gasteiger partial charge is 0.348 e. The zero-order valence-corrected chi connectivity index (χ0v) is 18.4. The number of pyridine rings is 1. The van der Waals surface area contributed by atoms with Crippen molar-refractivity contribution in [3.05, 3.63) is 100 Å². The fourth-order valence-corrected chi connectivity index (χ4v) is 5.54. The van der Waals surface area contributed by atoms with Crippen LogP contribution >= 0.6 is 23.2 Å². The topological polar surface area (TPSA) is 76.1 Å². The molecule has 0 radical (unpaired) electrons. The lowest BCUT2D eigenvalue weighted by atomic mass is 10.1. The third-order valence-electron chi connectivity index (χ3n) is 4.78. The van der Waals surface area contributed by atoms with E-state index >= 15 is 0 Å². The zero-order valence-electron chi connectivity index (χ0n) is 16.0. The molecule has 1 N–H and O–H groups in total. The van der Waals surface area contributed by atoms with E-state index in [9.17, 15) is 13.2 Å². The Morgan fingerprint density at radius 1 is 0.903 bits per heavy atom. The van der Waals surface area contributed by atoms with Crippen molar-refractivity contribution < 1.29 is 13.2 Å². The lowest BCUT2D eigenvalue weighted by Gasteiger charge is -2.10. The summed E-state index contributed by atoms with van der Waals surface area (Å²) in [6, 6.07) is 18.0. The van der Waals surface area contributed by atoms with Gasteiger partial charge in [0.05, 0.1) is 14.9 Å². The van der Waals surface area contributed by atoms with E-state index in [1.807, 2.05) is 12.1 Å². The minimum Gasteiger partial charge on any atom is -0.348 e. The number of hydrogen-bond donors (Lipinski definition) is 1. The van der Waals surface area contributed by atoms with Gasteiger partial charge in [-0.3, -0.25) is 9.78 Å². The summed E-state index contributed by atoms with van der Waals surface area (Å²) >= 11 is 12.1. The highest BCUT2D eigenvalue weighted by Gasteiger charge is 2.23. The van der Waals surface area contributed by atoms with Gasteiger partial charge in [-0.15, -0.1) is 0 Å². The molecule has 0 aliphatic heterocycles. The van der Waals surface area contributed by atoms with Gasteiger partial charge in [0.1, 0.15) is 4.90 Å². The Balaban J connectivity index is 1.49. The van der Waals surface area contributed by atoms with Gasteiger partial charge in [0, 0.05) is 29.9 Å². The molecule has 4 aromatic rings. The number of nitrogens with one attached hydrogen (secondary N) is 1. The van der Waals surface area contributed by atoms with Gasteiger partial charge in [0.25, 0.3) is 5.91 Å². The number of nitrogens with zero attached hydrogens (tertiary/aromatic N) is 1. The van der Waals surface area contributed by atoms with Gasteiger partial charge in [-0.05, 0) is 53.4 Å². The number of carbonyl (C=O) groups is 1. The highest BCUT2D eigenvalue weighted by atomic mass is 35.5. The fraction of sp³-hybridized carbons (Fsp3) is 0.0435. The molecule has 1 amide bonds. The molecule has 0 bridgehead atoms. The van der Waals surface area contributed by atoms with E-state index in [1.54, 1.807) is 42.7 Å². The molecule has 4 rings (SSSR count). The van der Waals surface area contributed by atoms with Crippen molar-refractivity contribution in [2.45, 2.75) is 16.3 Å². The number of fused-ring (bicyclic) bond motifs is 1. The summed E-state index contributed by atoms with van der Waals surface area (Å²) < 4.78 is 25.8. The third-order valence-corrected chi connectivity index (χ3v) is 7.50. The Morgan fingerprint density at radius 2 is 1.61 bits per heavy atom. The number of sulfone groups is 1. The minimum atomic E-state index is -3.87. The molecule has 3 aromatic carbocycles. The number of aromatic nitrogens is 1. The van der Waals surface area contributed by atoms with Crippen molar-refractivity contribution >= 4 is 49.7 Å². The average Bonchev–Trinajstić information content (AvgIpc) is 2.77. The van der Waals surface area contributed by atoms with Gasteiger partial charge in [0.2, 0.25) is 9.84 Å². The minimum absolute atomic E-state index is 0.0643. The van der Waals surface area contributed by atoms with E-state index in [0.29, 0.717) is 5.56 Å². The van der Waals surface area contributed by atoms with E-state index in [2.05, 4.69) is 10.3 Å². The summed E-state index contributed by atoms with van der Waals surface area (Å²) in [5.74, 6) is -0.231. The number of benzene rings is 3. The van der Waals surface area contributed by atoms with Gasteiger partial charge < -0.3 is 5.32 Å². The Hall–Kier alpha value is -2.93. The Labute approximate surface area is 189 Å². The number of amides is 1. The summed E-state index contributed by atoms with van der Waals surface area (Å²) in [6.45, 7) is 0.247.